The van der Waals surface area contributed by atoms with Crippen LogP contribution in [0.15, 0.2) is 4.79 Å². The standard InChI is InChI=1S/C19H27N3OS/c1-11-6-7-14-15(9-11)24-19-16(14)18(23)20-17(21-19)13(3)22-8-4-5-12(2)10-22/h11-13H,4-10H2,1-3H3,(H,20,21,23)/t11-,12+,13-/m1/s1. The molecule has 0 aromatic carbocycles. The SMILES string of the molecule is C[C@@H]1CCc2c(sc3nc([C@@H](C)N4CCC[C@H](C)C4)[nH]c(=O)c23)C1. The number of aromatic amines is 1. The number of fused-ring (bicyclic) bond motifs is 3. The molecule has 0 radical (unpaired) electrons. The van der Waals surface area contributed by atoms with Gasteiger partial charge in [0.1, 0.15) is 10.7 Å². The monoisotopic (exact) mass is 345 g/mol. The van der Waals surface area contributed by atoms with Gasteiger partial charge in [-0.25, -0.2) is 4.98 Å². The summed E-state index contributed by atoms with van der Waals surface area (Å²) in [4.78, 5) is 25.6. The Bertz CT molecular complexity index is 809. The van der Waals surface area contributed by atoms with Crippen LogP contribution in [0, 0.1) is 11.8 Å². The Labute approximate surface area is 147 Å². The van der Waals surface area contributed by atoms with Crippen molar-refractivity contribution in [2.75, 3.05) is 13.1 Å². The van der Waals surface area contributed by atoms with Gasteiger partial charge in [-0.1, -0.05) is 13.8 Å². The molecule has 3 heterocycles. The van der Waals surface area contributed by atoms with Crippen molar-refractivity contribution < 1.29 is 0 Å². The van der Waals surface area contributed by atoms with Crippen molar-refractivity contribution in [2.24, 2.45) is 11.8 Å². The van der Waals surface area contributed by atoms with Gasteiger partial charge in [0.2, 0.25) is 0 Å². The Hall–Kier alpha value is -1.20. The molecule has 5 heteroatoms. The predicted molar refractivity (Wildman–Crippen MR) is 99.8 cm³/mol. The van der Waals surface area contributed by atoms with E-state index in [0.29, 0.717) is 0 Å². The van der Waals surface area contributed by atoms with Crippen molar-refractivity contribution >= 4 is 21.6 Å². The van der Waals surface area contributed by atoms with Crippen molar-refractivity contribution in [3.8, 4) is 0 Å². The third-order valence-electron chi connectivity index (χ3n) is 5.82. The molecule has 1 N–H and O–H groups in total. The maximum atomic E-state index is 12.8. The third-order valence-corrected chi connectivity index (χ3v) is 6.96. The lowest BCUT2D eigenvalue weighted by molar-refractivity contribution is 0.134. The Morgan fingerprint density at radius 3 is 2.92 bits per heavy atom. The van der Waals surface area contributed by atoms with Crippen molar-refractivity contribution in [1.82, 2.24) is 14.9 Å². The summed E-state index contributed by atoms with van der Waals surface area (Å²) < 4.78 is 0. The number of hydrogen-bond acceptors (Lipinski definition) is 4. The second-order valence-corrected chi connectivity index (χ2v) is 8.99. The zero-order valence-electron chi connectivity index (χ0n) is 14.9. The summed E-state index contributed by atoms with van der Waals surface area (Å²) in [6, 6.07) is 0.183. The van der Waals surface area contributed by atoms with Crippen molar-refractivity contribution in [3.05, 3.63) is 26.6 Å². The topological polar surface area (TPSA) is 49.0 Å². The van der Waals surface area contributed by atoms with E-state index in [-0.39, 0.29) is 11.6 Å². The third kappa shape index (κ3) is 2.82. The smallest absolute Gasteiger partial charge is 0.259 e. The lowest BCUT2D eigenvalue weighted by Crippen LogP contribution is -2.37. The van der Waals surface area contributed by atoms with Crippen LogP contribution in [-0.2, 0) is 12.8 Å². The summed E-state index contributed by atoms with van der Waals surface area (Å²) in [6.07, 6.45) is 5.86. The van der Waals surface area contributed by atoms with Gasteiger partial charge in [0.05, 0.1) is 11.4 Å². The first-order valence-corrected chi connectivity index (χ1v) is 10.1. The average Bonchev–Trinajstić information content (AvgIpc) is 2.91. The largest absolute Gasteiger partial charge is 0.309 e. The normalized spacial score (nSPS) is 26.5. The maximum absolute atomic E-state index is 12.8. The number of thiophene rings is 1. The summed E-state index contributed by atoms with van der Waals surface area (Å²) in [7, 11) is 0. The van der Waals surface area contributed by atoms with Crippen LogP contribution in [0.25, 0.3) is 10.2 Å². The summed E-state index contributed by atoms with van der Waals surface area (Å²) in [6.45, 7) is 8.99. The lowest BCUT2D eigenvalue weighted by atomic mass is 9.89. The zero-order chi connectivity index (χ0) is 16.8. The minimum atomic E-state index is 0.0685. The van der Waals surface area contributed by atoms with E-state index in [4.69, 9.17) is 4.98 Å². The van der Waals surface area contributed by atoms with Crippen LogP contribution in [-0.4, -0.2) is 28.0 Å². The number of aromatic nitrogens is 2. The van der Waals surface area contributed by atoms with Gasteiger partial charge >= 0.3 is 0 Å². The highest BCUT2D eigenvalue weighted by Crippen LogP contribution is 2.36. The molecule has 3 atom stereocenters. The number of H-pyrrole nitrogens is 1. The number of likely N-dealkylation sites (tertiary alicyclic amines) is 1. The summed E-state index contributed by atoms with van der Waals surface area (Å²) in [5, 5.41) is 0.866. The number of nitrogens with one attached hydrogen (secondary N) is 1. The van der Waals surface area contributed by atoms with E-state index >= 15 is 0 Å². The maximum Gasteiger partial charge on any atom is 0.259 e. The molecule has 0 unspecified atom stereocenters. The molecule has 1 fully saturated rings. The molecule has 4 rings (SSSR count). The van der Waals surface area contributed by atoms with Crippen molar-refractivity contribution in [2.45, 2.75) is 58.9 Å². The van der Waals surface area contributed by atoms with Crippen LogP contribution in [0.5, 0.6) is 0 Å². The van der Waals surface area contributed by atoms with E-state index < -0.39 is 0 Å². The van der Waals surface area contributed by atoms with Crippen molar-refractivity contribution in [3.63, 3.8) is 0 Å². The molecule has 2 aromatic rings. The van der Waals surface area contributed by atoms with Crippen LogP contribution >= 0.6 is 11.3 Å². The van der Waals surface area contributed by atoms with E-state index in [1.807, 2.05) is 0 Å². The first-order valence-electron chi connectivity index (χ1n) is 9.31. The molecular weight excluding hydrogens is 318 g/mol. The van der Waals surface area contributed by atoms with Crippen LogP contribution in [0.1, 0.15) is 62.3 Å². The predicted octanol–water partition coefficient (Wildman–Crippen LogP) is 3.90. The highest BCUT2D eigenvalue weighted by Gasteiger charge is 2.26. The molecule has 2 aliphatic rings. The summed E-state index contributed by atoms with van der Waals surface area (Å²) in [5.74, 6) is 2.29. The van der Waals surface area contributed by atoms with Gasteiger partial charge in [-0.3, -0.25) is 9.69 Å². The van der Waals surface area contributed by atoms with Crippen LogP contribution < -0.4 is 5.56 Å². The van der Waals surface area contributed by atoms with E-state index in [9.17, 15) is 4.79 Å². The highest BCUT2D eigenvalue weighted by molar-refractivity contribution is 7.18. The highest BCUT2D eigenvalue weighted by atomic mass is 32.1. The minimum absolute atomic E-state index is 0.0685. The first-order chi connectivity index (χ1) is 11.5. The minimum Gasteiger partial charge on any atom is -0.309 e. The van der Waals surface area contributed by atoms with E-state index in [1.165, 1.54) is 29.7 Å². The van der Waals surface area contributed by atoms with Gasteiger partial charge in [-0.2, -0.15) is 0 Å². The fourth-order valence-electron chi connectivity index (χ4n) is 4.31. The average molecular weight is 346 g/mol. The van der Waals surface area contributed by atoms with Gasteiger partial charge < -0.3 is 4.98 Å². The molecule has 24 heavy (non-hydrogen) atoms. The van der Waals surface area contributed by atoms with Gasteiger partial charge in [0.25, 0.3) is 5.56 Å². The van der Waals surface area contributed by atoms with Crippen LogP contribution in [0.3, 0.4) is 0 Å². The Balaban J connectivity index is 1.71. The zero-order valence-corrected chi connectivity index (χ0v) is 15.7. The molecule has 1 aliphatic heterocycles. The fraction of sp³-hybridized carbons (Fsp3) is 0.684. The second-order valence-electron chi connectivity index (χ2n) is 7.90. The number of aryl methyl sites for hydroxylation is 1. The molecule has 4 nitrogen and oxygen atoms in total. The summed E-state index contributed by atoms with van der Waals surface area (Å²) in [5.41, 5.74) is 1.34. The van der Waals surface area contributed by atoms with Gasteiger partial charge in [0.15, 0.2) is 0 Å². The van der Waals surface area contributed by atoms with E-state index in [1.54, 1.807) is 11.3 Å². The van der Waals surface area contributed by atoms with Gasteiger partial charge in [0, 0.05) is 11.4 Å². The molecule has 0 bridgehead atoms. The Morgan fingerprint density at radius 1 is 1.29 bits per heavy atom. The fourth-order valence-corrected chi connectivity index (χ4v) is 5.70. The number of rotatable bonds is 2. The first kappa shape index (κ1) is 16.3. The van der Waals surface area contributed by atoms with Gasteiger partial charge in [-0.15, -0.1) is 11.3 Å². The Kier molecular flexibility index (Phi) is 4.25. The number of nitrogens with zero attached hydrogens (tertiary/aromatic N) is 2. The lowest BCUT2D eigenvalue weighted by Gasteiger charge is -2.34. The molecule has 2 aromatic heterocycles. The van der Waals surface area contributed by atoms with E-state index in [2.05, 4.69) is 30.7 Å². The molecule has 0 saturated carbocycles. The van der Waals surface area contributed by atoms with Gasteiger partial charge in [-0.05, 0) is 63.0 Å². The number of piperidine rings is 1. The molecule has 0 spiro atoms. The summed E-state index contributed by atoms with van der Waals surface area (Å²) >= 11 is 1.75. The Morgan fingerprint density at radius 2 is 2.12 bits per heavy atom. The quantitative estimate of drug-likeness (QED) is 0.898. The van der Waals surface area contributed by atoms with Crippen LogP contribution in [0.2, 0.25) is 0 Å². The van der Waals surface area contributed by atoms with E-state index in [0.717, 1.165) is 53.8 Å². The molecule has 1 saturated heterocycles. The van der Waals surface area contributed by atoms with Crippen molar-refractivity contribution in [1.29, 1.82) is 0 Å². The second kappa shape index (κ2) is 6.26. The number of hydrogen-bond donors (Lipinski definition) is 1. The molecule has 0 amide bonds. The van der Waals surface area contributed by atoms with Crippen LogP contribution in [0.4, 0.5) is 0 Å². The molecule has 130 valence electrons. The molecular formula is C19H27N3OS. The molecule has 1 aliphatic carbocycles.